The highest BCUT2D eigenvalue weighted by atomic mass is 127. The van der Waals surface area contributed by atoms with E-state index in [0.717, 1.165) is 9.13 Å². The number of benzene rings is 1. The molecule has 2 aromatic rings. The highest BCUT2D eigenvalue weighted by molar-refractivity contribution is 14.1. The third kappa shape index (κ3) is 3.36. The zero-order valence-corrected chi connectivity index (χ0v) is 12.9. The van der Waals surface area contributed by atoms with Crippen molar-refractivity contribution in [1.82, 2.24) is 4.98 Å². The van der Waals surface area contributed by atoms with Crippen molar-refractivity contribution in [2.24, 2.45) is 5.73 Å². The van der Waals surface area contributed by atoms with Crippen LogP contribution >= 0.6 is 34.2 Å². The Morgan fingerprint density at radius 1 is 1.42 bits per heavy atom. The molecule has 4 nitrogen and oxygen atoms in total. The maximum absolute atomic E-state index is 11.0. The van der Waals surface area contributed by atoms with Gasteiger partial charge in [0.1, 0.15) is 10.8 Å². The maximum Gasteiger partial charge on any atom is 0.250 e. The molecule has 2 N–H and O–H groups in total. The molecule has 1 amide bonds. The van der Waals surface area contributed by atoms with Crippen LogP contribution in [0.15, 0.2) is 30.5 Å². The smallest absolute Gasteiger partial charge is 0.250 e. The van der Waals surface area contributed by atoms with Crippen LogP contribution in [0.1, 0.15) is 15.9 Å². The van der Waals surface area contributed by atoms with Gasteiger partial charge < -0.3 is 10.5 Å². The van der Waals surface area contributed by atoms with Crippen LogP contribution in [0.3, 0.4) is 0 Å². The van der Waals surface area contributed by atoms with E-state index in [-0.39, 0.29) is 16.5 Å². The second kappa shape index (κ2) is 5.75. The summed E-state index contributed by atoms with van der Waals surface area (Å²) >= 11 is 8.18. The number of carbonyl (C=O) groups excluding carboxylic acids is 1. The van der Waals surface area contributed by atoms with E-state index in [1.165, 1.54) is 12.3 Å². The lowest BCUT2D eigenvalue weighted by Crippen LogP contribution is -2.11. The lowest BCUT2D eigenvalue weighted by molar-refractivity contribution is 0.1000. The van der Waals surface area contributed by atoms with Crippen LogP contribution in [0.2, 0.25) is 5.02 Å². The highest BCUT2D eigenvalue weighted by Gasteiger charge is 2.11. The van der Waals surface area contributed by atoms with E-state index in [0.29, 0.717) is 5.75 Å². The molecule has 1 heterocycles. The largest absolute Gasteiger partial charge is 0.436 e. The summed E-state index contributed by atoms with van der Waals surface area (Å²) < 4.78 is 6.60. The Bertz CT molecular complexity index is 647. The summed E-state index contributed by atoms with van der Waals surface area (Å²) in [6.07, 6.45) is 1.34. The predicted octanol–water partition coefficient (Wildman–Crippen LogP) is 3.54. The van der Waals surface area contributed by atoms with E-state index in [4.69, 9.17) is 22.1 Å². The average molecular weight is 389 g/mol. The number of carbonyl (C=O) groups is 1. The first-order chi connectivity index (χ1) is 8.97. The van der Waals surface area contributed by atoms with Gasteiger partial charge in [-0.1, -0.05) is 17.7 Å². The Balaban J connectivity index is 2.33. The van der Waals surface area contributed by atoms with Crippen LogP contribution in [0.5, 0.6) is 11.6 Å². The molecule has 2 rings (SSSR count). The highest BCUT2D eigenvalue weighted by Crippen LogP contribution is 2.31. The van der Waals surface area contributed by atoms with Crippen LogP contribution in [-0.2, 0) is 0 Å². The summed E-state index contributed by atoms with van der Waals surface area (Å²) in [6, 6.07) is 7.26. The zero-order valence-electron chi connectivity index (χ0n) is 9.98. The standard InChI is InChI=1S/C13H10ClIN2O2/c1-7-2-3-10(15)11(4-7)19-13-9(14)5-8(6-17-13)12(16)18/h2-6H,1H3,(H2,16,18). The van der Waals surface area contributed by atoms with Crippen LogP contribution < -0.4 is 10.5 Å². The fourth-order valence-electron chi connectivity index (χ4n) is 1.43. The third-order valence-electron chi connectivity index (χ3n) is 2.39. The summed E-state index contributed by atoms with van der Waals surface area (Å²) in [5, 5.41) is 0.244. The van der Waals surface area contributed by atoms with Gasteiger partial charge in [-0.15, -0.1) is 0 Å². The number of nitrogens with two attached hydrogens (primary N) is 1. The van der Waals surface area contributed by atoms with Gasteiger partial charge in [0, 0.05) is 6.20 Å². The molecule has 1 aromatic carbocycles. The minimum atomic E-state index is -0.578. The molecule has 0 fully saturated rings. The third-order valence-corrected chi connectivity index (χ3v) is 3.55. The molecule has 0 aliphatic heterocycles. The van der Waals surface area contributed by atoms with E-state index < -0.39 is 5.91 Å². The van der Waals surface area contributed by atoms with Crippen molar-refractivity contribution in [3.8, 4) is 11.6 Å². The number of pyridine rings is 1. The summed E-state index contributed by atoms with van der Waals surface area (Å²) in [7, 11) is 0. The molecule has 0 aliphatic carbocycles. The van der Waals surface area contributed by atoms with Gasteiger partial charge in [-0.2, -0.15) is 0 Å². The number of nitrogens with zero attached hydrogens (tertiary/aromatic N) is 1. The number of primary amides is 1. The monoisotopic (exact) mass is 388 g/mol. The first-order valence-electron chi connectivity index (χ1n) is 5.36. The van der Waals surface area contributed by atoms with Crippen molar-refractivity contribution in [2.75, 3.05) is 0 Å². The summed E-state index contributed by atoms with van der Waals surface area (Å²) in [6.45, 7) is 1.97. The van der Waals surface area contributed by atoms with Crippen molar-refractivity contribution >= 4 is 40.1 Å². The number of hydrogen-bond acceptors (Lipinski definition) is 3. The van der Waals surface area contributed by atoms with E-state index >= 15 is 0 Å². The van der Waals surface area contributed by atoms with Gasteiger partial charge in [-0.25, -0.2) is 4.98 Å². The van der Waals surface area contributed by atoms with Crippen molar-refractivity contribution in [3.05, 3.63) is 50.2 Å². The molecule has 0 saturated heterocycles. The Morgan fingerprint density at radius 2 is 2.16 bits per heavy atom. The SMILES string of the molecule is Cc1ccc(I)c(Oc2ncc(C(N)=O)cc2Cl)c1. The predicted molar refractivity (Wildman–Crippen MR) is 81.7 cm³/mol. The normalized spacial score (nSPS) is 10.3. The summed E-state index contributed by atoms with van der Waals surface area (Å²) in [4.78, 5) is 15.0. The molecule has 1 aromatic heterocycles. The fourth-order valence-corrected chi connectivity index (χ4v) is 2.08. The van der Waals surface area contributed by atoms with Gasteiger partial charge in [-0.05, 0) is 53.3 Å². The van der Waals surface area contributed by atoms with Gasteiger partial charge in [-0.3, -0.25) is 4.79 Å². The number of rotatable bonds is 3. The molecular weight excluding hydrogens is 379 g/mol. The van der Waals surface area contributed by atoms with Crippen LogP contribution in [-0.4, -0.2) is 10.9 Å². The topological polar surface area (TPSA) is 65.2 Å². The molecular formula is C13H10ClIN2O2. The summed E-state index contributed by atoms with van der Waals surface area (Å²) in [5.74, 6) is 0.336. The van der Waals surface area contributed by atoms with E-state index in [1.807, 2.05) is 25.1 Å². The maximum atomic E-state index is 11.0. The average Bonchev–Trinajstić information content (AvgIpc) is 2.36. The minimum Gasteiger partial charge on any atom is -0.436 e. The quantitative estimate of drug-likeness (QED) is 0.818. The van der Waals surface area contributed by atoms with E-state index in [1.54, 1.807) is 0 Å². The first-order valence-corrected chi connectivity index (χ1v) is 6.82. The zero-order chi connectivity index (χ0) is 14.0. The van der Waals surface area contributed by atoms with Gasteiger partial charge in [0.15, 0.2) is 0 Å². The van der Waals surface area contributed by atoms with Crippen molar-refractivity contribution in [1.29, 1.82) is 0 Å². The van der Waals surface area contributed by atoms with Crippen molar-refractivity contribution in [2.45, 2.75) is 6.92 Å². The van der Waals surface area contributed by atoms with Gasteiger partial charge in [0.2, 0.25) is 11.8 Å². The molecule has 98 valence electrons. The van der Waals surface area contributed by atoms with Crippen molar-refractivity contribution < 1.29 is 9.53 Å². The number of ether oxygens (including phenoxy) is 1. The molecule has 0 atom stereocenters. The van der Waals surface area contributed by atoms with E-state index in [9.17, 15) is 4.79 Å². The minimum absolute atomic E-state index is 0.244. The van der Waals surface area contributed by atoms with E-state index in [2.05, 4.69) is 27.6 Å². The second-order valence-corrected chi connectivity index (χ2v) is 5.48. The molecule has 0 spiro atoms. The second-order valence-electron chi connectivity index (χ2n) is 3.91. The number of aromatic nitrogens is 1. The van der Waals surface area contributed by atoms with Crippen LogP contribution in [0.25, 0.3) is 0 Å². The lowest BCUT2D eigenvalue weighted by Gasteiger charge is -2.09. The number of hydrogen-bond donors (Lipinski definition) is 1. The first kappa shape index (κ1) is 14.1. The summed E-state index contributed by atoms with van der Waals surface area (Å²) in [5.41, 5.74) is 6.47. The Labute approximate surface area is 129 Å². The Kier molecular flexibility index (Phi) is 4.26. The van der Waals surface area contributed by atoms with Gasteiger partial charge in [0.05, 0.1) is 9.13 Å². The molecule has 0 unspecified atom stereocenters. The van der Waals surface area contributed by atoms with Crippen molar-refractivity contribution in [3.63, 3.8) is 0 Å². The molecule has 0 saturated carbocycles. The Morgan fingerprint density at radius 3 is 2.79 bits per heavy atom. The number of aryl methyl sites for hydroxylation is 1. The van der Waals surface area contributed by atoms with Crippen LogP contribution in [0, 0.1) is 10.5 Å². The van der Waals surface area contributed by atoms with Gasteiger partial charge >= 0.3 is 0 Å². The number of halogens is 2. The Hall–Kier alpha value is -1.34. The van der Waals surface area contributed by atoms with Gasteiger partial charge in [0.25, 0.3) is 0 Å². The molecule has 0 aliphatic rings. The molecule has 19 heavy (non-hydrogen) atoms. The fraction of sp³-hybridized carbons (Fsp3) is 0.0769. The number of amides is 1. The molecule has 0 radical (unpaired) electrons. The molecule has 6 heteroatoms. The van der Waals surface area contributed by atoms with Crippen LogP contribution in [0.4, 0.5) is 0 Å². The lowest BCUT2D eigenvalue weighted by atomic mass is 10.2. The molecule has 0 bridgehead atoms.